The number of carbonyl (C=O) groups excluding carboxylic acids is 3. The molecule has 0 unspecified atom stereocenters. The fourth-order valence-corrected chi connectivity index (χ4v) is 5.63. The maximum Gasteiger partial charge on any atom is 0.408 e. The fourth-order valence-electron chi connectivity index (χ4n) is 4.55. The smallest absolute Gasteiger partial charge is 0.408 e. The van der Waals surface area contributed by atoms with Crippen LogP contribution < -0.4 is 10.6 Å². The van der Waals surface area contributed by atoms with E-state index in [0.717, 1.165) is 30.6 Å². The molecular formula is C27H35ClN4O5S. The van der Waals surface area contributed by atoms with Crippen LogP contribution in [0.15, 0.2) is 41.0 Å². The zero-order valence-electron chi connectivity index (χ0n) is 22.4. The Kier molecular flexibility index (Phi) is 10.4. The Morgan fingerprint density at radius 1 is 1.26 bits per heavy atom. The van der Waals surface area contributed by atoms with Crippen LogP contribution in [0.3, 0.4) is 0 Å². The molecule has 11 heteroatoms. The molecule has 3 rings (SSSR count). The van der Waals surface area contributed by atoms with E-state index in [1.807, 2.05) is 11.9 Å². The Bertz CT molecular complexity index is 1150. The van der Waals surface area contributed by atoms with Gasteiger partial charge in [0, 0.05) is 19.5 Å². The third-order valence-electron chi connectivity index (χ3n) is 6.42. The lowest BCUT2D eigenvalue weighted by Gasteiger charge is -2.34. The van der Waals surface area contributed by atoms with Gasteiger partial charge in [0.2, 0.25) is 0 Å². The highest BCUT2D eigenvalue weighted by Crippen LogP contribution is 2.36. The highest BCUT2D eigenvalue weighted by atomic mass is 35.5. The average Bonchev–Trinajstić information content (AvgIpc) is 3.32. The first-order valence-corrected chi connectivity index (χ1v) is 13.8. The lowest BCUT2D eigenvalue weighted by atomic mass is 9.78. The van der Waals surface area contributed by atoms with Crippen molar-refractivity contribution in [2.75, 3.05) is 19.0 Å². The SMILES string of the molecule is COC[C@H](c1cnc(NC(=C=O)[C@@H](NC(=O)OC(C)(C)C)C2CCC(C)CC2)s1)N1C=C(Cl)C=CC1=C=O. The van der Waals surface area contributed by atoms with Crippen molar-refractivity contribution in [2.45, 2.75) is 71.1 Å². The standard InChI is InChI=1S/C27H35ClN4O5S/c1-17-6-8-18(9-7-17)24(31-26(35)37-27(2,3)4)21(15-34)30-25-29-12-23(38-25)22(16-36-5)32-13-19(28)10-11-20(32)14-33/h10-13,17-18,22,24H,6-9,16H2,1-5H3,(H,29,30)(H,31,35)/t17?,18?,22-,24+/m1/s1. The second-order valence-corrected chi connectivity index (χ2v) is 12.1. The maximum atomic E-state index is 12.7. The zero-order chi connectivity index (χ0) is 27.9. The number of rotatable bonds is 9. The molecule has 1 amide bonds. The number of aromatic nitrogens is 1. The first-order chi connectivity index (χ1) is 18.0. The van der Waals surface area contributed by atoms with Crippen LogP contribution in [0.25, 0.3) is 0 Å². The predicted molar refractivity (Wildman–Crippen MR) is 148 cm³/mol. The van der Waals surface area contributed by atoms with E-state index < -0.39 is 23.8 Å². The van der Waals surface area contributed by atoms with Crippen LogP contribution in [0.5, 0.6) is 0 Å². The summed E-state index contributed by atoms with van der Waals surface area (Å²) in [7, 11) is 1.56. The molecule has 1 fully saturated rings. The van der Waals surface area contributed by atoms with E-state index >= 15 is 0 Å². The largest absolute Gasteiger partial charge is 0.444 e. The van der Waals surface area contributed by atoms with Gasteiger partial charge in [0.1, 0.15) is 22.9 Å². The second-order valence-electron chi connectivity index (χ2n) is 10.6. The lowest BCUT2D eigenvalue weighted by molar-refractivity contribution is 0.0488. The molecule has 206 valence electrons. The second kappa shape index (κ2) is 13.3. The molecule has 2 heterocycles. The first kappa shape index (κ1) is 29.7. The summed E-state index contributed by atoms with van der Waals surface area (Å²) < 4.78 is 10.9. The van der Waals surface area contributed by atoms with Crippen LogP contribution in [0.4, 0.5) is 9.93 Å². The number of thiazole rings is 1. The predicted octanol–water partition coefficient (Wildman–Crippen LogP) is 5.35. The Hall–Kier alpha value is -2.87. The number of allylic oxidation sites excluding steroid dienone is 3. The summed E-state index contributed by atoms with van der Waals surface area (Å²) in [5.74, 6) is 4.58. The number of hydrogen-bond donors (Lipinski definition) is 2. The summed E-state index contributed by atoms with van der Waals surface area (Å²) in [6, 6.07) is -1.00. The van der Waals surface area contributed by atoms with Gasteiger partial charge in [-0.25, -0.2) is 19.4 Å². The molecule has 0 radical (unpaired) electrons. The van der Waals surface area contributed by atoms with Crippen molar-refractivity contribution in [1.29, 1.82) is 0 Å². The molecule has 38 heavy (non-hydrogen) atoms. The van der Waals surface area contributed by atoms with Crippen molar-refractivity contribution in [2.24, 2.45) is 11.8 Å². The molecule has 1 saturated carbocycles. The van der Waals surface area contributed by atoms with Crippen LogP contribution in [0.1, 0.15) is 64.3 Å². The number of alkyl carbamates (subject to hydrolysis) is 1. The molecule has 1 aromatic heterocycles. The Morgan fingerprint density at radius 3 is 2.58 bits per heavy atom. The van der Waals surface area contributed by atoms with Crippen molar-refractivity contribution >= 4 is 46.0 Å². The summed E-state index contributed by atoms with van der Waals surface area (Å²) in [5, 5.41) is 6.89. The Morgan fingerprint density at radius 2 is 1.97 bits per heavy atom. The van der Waals surface area contributed by atoms with E-state index in [-0.39, 0.29) is 18.2 Å². The molecule has 0 bridgehead atoms. The van der Waals surface area contributed by atoms with Gasteiger partial charge in [-0.1, -0.05) is 42.7 Å². The molecular weight excluding hydrogens is 528 g/mol. The van der Waals surface area contributed by atoms with E-state index in [4.69, 9.17) is 21.1 Å². The van der Waals surface area contributed by atoms with E-state index in [1.54, 1.807) is 57.3 Å². The van der Waals surface area contributed by atoms with Gasteiger partial charge in [0.25, 0.3) is 0 Å². The van der Waals surface area contributed by atoms with Gasteiger partial charge < -0.3 is 25.0 Å². The third kappa shape index (κ3) is 8.06. The normalized spacial score (nSPS) is 21.1. The topological polar surface area (TPSA) is 110 Å². The van der Waals surface area contributed by atoms with Crippen LogP contribution in [0.2, 0.25) is 0 Å². The number of carbonyl (C=O) groups is 1. The monoisotopic (exact) mass is 562 g/mol. The lowest BCUT2D eigenvalue weighted by Crippen LogP contribution is -2.46. The molecule has 2 atom stereocenters. The van der Waals surface area contributed by atoms with Crippen LogP contribution in [-0.2, 0) is 19.1 Å². The van der Waals surface area contributed by atoms with E-state index in [0.29, 0.717) is 21.8 Å². The Balaban J connectivity index is 1.84. The third-order valence-corrected chi connectivity index (χ3v) is 7.66. The highest BCUT2D eigenvalue weighted by Gasteiger charge is 2.33. The minimum absolute atomic E-state index is 0.0519. The van der Waals surface area contributed by atoms with Gasteiger partial charge in [-0.3, -0.25) is 0 Å². The molecule has 0 saturated heterocycles. The summed E-state index contributed by atoms with van der Waals surface area (Å²) in [5.41, 5.74) is -0.178. The van der Waals surface area contributed by atoms with Crippen molar-refractivity contribution in [1.82, 2.24) is 15.2 Å². The minimum atomic E-state index is -0.676. The van der Waals surface area contributed by atoms with Crippen LogP contribution in [0, 0.1) is 11.8 Å². The highest BCUT2D eigenvalue weighted by molar-refractivity contribution is 7.15. The molecule has 1 aliphatic carbocycles. The fraction of sp³-hybridized carbons (Fsp3) is 0.556. The van der Waals surface area contributed by atoms with Gasteiger partial charge in [-0.2, -0.15) is 0 Å². The number of ether oxygens (including phenoxy) is 2. The number of hydrogen-bond acceptors (Lipinski definition) is 9. The zero-order valence-corrected chi connectivity index (χ0v) is 23.9. The van der Waals surface area contributed by atoms with Gasteiger partial charge >= 0.3 is 6.09 Å². The van der Waals surface area contributed by atoms with E-state index in [9.17, 15) is 14.4 Å². The molecule has 2 aliphatic rings. The number of methoxy groups -OCH3 is 1. The van der Waals surface area contributed by atoms with E-state index in [2.05, 4.69) is 22.5 Å². The summed E-state index contributed by atoms with van der Waals surface area (Å²) in [6.07, 6.45) is 9.65. The van der Waals surface area contributed by atoms with Gasteiger partial charge in [-0.15, -0.1) is 0 Å². The first-order valence-electron chi connectivity index (χ1n) is 12.6. The number of amides is 1. The Labute approximate surface area is 232 Å². The summed E-state index contributed by atoms with van der Waals surface area (Å²) in [4.78, 5) is 43.3. The van der Waals surface area contributed by atoms with Crippen LogP contribution >= 0.6 is 22.9 Å². The van der Waals surface area contributed by atoms with Gasteiger partial charge in [0.05, 0.1) is 28.6 Å². The molecule has 0 aromatic carbocycles. The van der Waals surface area contributed by atoms with E-state index in [1.165, 1.54) is 11.3 Å². The maximum absolute atomic E-state index is 12.7. The quantitative estimate of drug-likeness (QED) is 0.388. The number of nitrogens with one attached hydrogen (secondary N) is 2. The molecule has 2 N–H and O–H groups in total. The molecule has 9 nitrogen and oxygen atoms in total. The number of halogens is 1. The molecule has 1 aliphatic heterocycles. The van der Waals surface area contributed by atoms with Gasteiger partial charge in [-0.05, 0) is 57.6 Å². The van der Waals surface area contributed by atoms with Crippen molar-refractivity contribution in [3.05, 3.63) is 45.9 Å². The summed E-state index contributed by atoms with van der Waals surface area (Å²) in [6.45, 7) is 7.83. The average molecular weight is 563 g/mol. The van der Waals surface area contributed by atoms with Crippen molar-refractivity contribution in [3.8, 4) is 0 Å². The van der Waals surface area contributed by atoms with Crippen molar-refractivity contribution in [3.63, 3.8) is 0 Å². The van der Waals surface area contributed by atoms with Gasteiger partial charge in [0.15, 0.2) is 11.1 Å². The summed E-state index contributed by atoms with van der Waals surface area (Å²) >= 11 is 7.49. The molecule has 1 aromatic rings. The molecule has 0 spiro atoms. The van der Waals surface area contributed by atoms with Crippen molar-refractivity contribution < 1.29 is 23.9 Å². The van der Waals surface area contributed by atoms with Crippen LogP contribution in [-0.4, -0.2) is 53.2 Å². The number of nitrogens with zero attached hydrogens (tertiary/aromatic N) is 2. The number of anilines is 1. The minimum Gasteiger partial charge on any atom is -0.444 e.